The summed E-state index contributed by atoms with van der Waals surface area (Å²) in [5.74, 6) is 0.0416. The zero-order chi connectivity index (χ0) is 11.7. The number of halogens is 1. The van der Waals surface area contributed by atoms with Crippen molar-refractivity contribution in [3.05, 3.63) is 34.9 Å². The van der Waals surface area contributed by atoms with Gasteiger partial charge in [0.05, 0.1) is 0 Å². The van der Waals surface area contributed by atoms with Crippen molar-refractivity contribution in [2.75, 3.05) is 0 Å². The van der Waals surface area contributed by atoms with E-state index in [0.29, 0.717) is 18.0 Å². The molecule has 1 aromatic carbocycles. The molecule has 0 aromatic heterocycles. The Morgan fingerprint density at radius 2 is 1.93 bits per heavy atom. The molecule has 1 aromatic rings. The van der Waals surface area contributed by atoms with Gasteiger partial charge in [0.2, 0.25) is 5.91 Å². The minimum absolute atomic E-state index is 0.0416. The van der Waals surface area contributed by atoms with Gasteiger partial charge in [-0.1, -0.05) is 50.6 Å². The van der Waals surface area contributed by atoms with E-state index in [2.05, 4.69) is 5.32 Å². The summed E-state index contributed by atoms with van der Waals surface area (Å²) in [6.07, 6.45) is 0.504. The second-order valence-electron chi connectivity index (χ2n) is 2.72. The summed E-state index contributed by atoms with van der Waals surface area (Å²) in [7, 11) is 0. The molecule has 0 atom stereocenters. The van der Waals surface area contributed by atoms with Crippen LogP contribution in [0.2, 0.25) is 5.02 Å². The maximum absolute atomic E-state index is 10.9. The molecule has 0 radical (unpaired) electrons. The van der Waals surface area contributed by atoms with Crippen molar-refractivity contribution >= 4 is 17.5 Å². The van der Waals surface area contributed by atoms with Gasteiger partial charge in [-0.25, -0.2) is 0 Å². The average molecular weight is 228 g/mol. The van der Waals surface area contributed by atoms with Gasteiger partial charge in [0, 0.05) is 18.0 Å². The molecule has 0 aliphatic heterocycles. The van der Waals surface area contributed by atoms with Crippen LogP contribution < -0.4 is 5.32 Å². The SMILES string of the molecule is CC.CCC(=O)NCc1ccccc1Cl. The summed E-state index contributed by atoms with van der Waals surface area (Å²) in [6.45, 7) is 6.33. The van der Waals surface area contributed by atoms with E-state index in [-0.39, 0.29) is 5.91 Å². The zero-order valence-electron chi connectivity index (χ0n) is 9.51. The summed E-state index contributed by atoms with van der Waals surface area (Å²) in [6, 6.07) is 7.49. The first kappa shape index (κ1) is 14.0. The summed E-state index contributed by atoms with van der Waals surface area (Å²) in [4.78, 5) is 10.9. The van der Waals surface area contributed by atoms with Gasteiger partial charge in [0.15, 0.2) is 0 Å². The van der Waals surface area contributed by atoms with Gasteiger partial charge in [0.25, 0.3) is 0 Å². The second kappa shape index (κ2) is 8.30. The molecule has 1 amide bonds. The zero-order valence-corrected chi connectivity index (χ0v) is 10.3. The van der Waals surface area contributed by atoms with Gasteiger partial charge >= 0.3 is 0 Å². The van der Waals surface area contributed by atoms with Crippen LogP contribution in [-0.2, 0) is 11.3 Å². The molecule has 0 fully saturated rings. The quantitative estimate of drug-likeness (QED) is 0.843. The van der Waals surface area contributed by atoms with Gasteiger partial charge in [-0.3, -0.25) is 4.79 Å². The Morgan fingerprint density at radius 1 is 1.33 bits per heavy atom. The molecule has 1 N–H and O–H groups in total. The van der Waals surface area contributed by atoms with Gasteiger partial charge in [-0.05, 0) is 11.6 Å². The van der Waals surface area contributed by atoms with Crippen LogP contribution in [0.5, 0.6) is 0 Å². The van der Waals surface area contributed by atoms with Crippen molar-refractivity contribution in [1.82, 2.24) is 5.32 Å². The molecule has 15 heavy (non-hydrogen) atoms. The highest BCUT2D eigenvalue weighted by Gasteiger charge is 2.00. The van der Waals surface area contributed by atoms with Gasteiger partial charge in [-0.2, -0.15) is 0 Å². The fourth-order valence-corrected chi connectivity index (χ4v) is 1.16. The highest BCUT2D eigenvalue weighted by Crippen LogP contribution is 2.14. The number of carbonyl (C=O) groups is 1. The van der Waals surface area contributed by atoms with Crippen LogP contribution in [0.1, 0.15) is 32.8 Å². The lowest BCUT2D eigenvalue weighted by Gasteiger charge is -2.04. The van der Waals surface area contributed by atoms with Crippen LogP contribution in [0.3, 0.4) is 0 Å². The number of hydrogen-bond acceptors (Lipinski definition) is 1. The lowest BCUT2D eigenvalue weighted by atomic mass is 10.2. The minimum atomic E-state index is 0.0416. The maximum Gasteiger partial charge on any atom is 0.219 e. The van der Waals surface area contributed by atoms with Crippen LogP contribution in [0.15, 0.2) is 24.3 Å². The Morgan fingerprint density at radius 3 is 2.47 bits per heavy atom. The van der Waals surface area contributed by atoms with E-state index in [1.807, 2.05) is 45.0 Å². The molecule has 3 heteroatoms. The molecule has 0 spiro atoms. The molecule has 2 nitrogen and oxygen atoms in total. The molecule has 84 valence electrons. The molecule has 0 unspecified atom stereocenters. The van der Waals surface area contributed by atoms with Crippen molar-refractivity contribution < 1.29 is 4.79 Å². The van der Waals surface area contributed by atoms with E-state index in [4.69, 9.17) is 11.6 Å². The molecular formula is C12H18ClNO. The lowest BCUT2D eigenvalue weighted by Crippen LogP contribution is -2.21. The van der Waals surface area contributed by atoms with Crippen molar-refractivity contribution in [1.29, 1.82) is 0 Å². The normalized spacial score (nSPS) is 8.80. The Bertz CT molecular complexity index is 299. The van der Waals surface area contributed by atoms with Crippen molar-refractivity contribution in [3.8, 4) is 0 Å². The Kier molecular flexibility index (Phi) is 7.74. The summed E-state index contributed by atoms with van der Waals surface area (Å²) in [5.41, 5.74) is 0.950. The molecular weight excluding hydrogens is 210 g/mol. The predicted octanol–water partition coefficient (Wildman–Crippen LogP) is 3.39. The highest BCUT2D eigenvalue weighted by molar-refractivity contribution is 6.31. The fourth-order valence-electron chi connectivity index (χ4n) is 0.961. The summed E-state index contributed by atoms with van der Waals surface area (Å²) in [5, 5.41) is 3.46. The second-order valence-corrected chi connectivity index (χ2v) is 3.13. The van der Waals surface area contributed by atoms with Crippen LogP contribution in [0.4, 0.5) is 0 Å². The van der Waals surface area contributed by atoms with E-state index in [1.54, 1.807) is 0 Å². The van der Waals surface area contributed by atoms with E-state index < -0.39 is 0 Å². The van der Waals surface area contributed by atoms with Crippen molar-refractivity contribution in [2.24, 2.45) is 0 Å². The summed E-state index contributed by atoms with van der Waals surface area (Å²) < 4.78 is 0. The van der Waals surface area contributed by atoms with Crippen LogP contribution >= 0.6 is 11.6 Å². The number of rotatable bonds is 3. The third kappa shape index (κ3) is 5.43. The minimum Gasteiger partial charge on any atom is -0.352 e. The number of nitrogens with one attached hydrogen (secondary N) is 1. The average Bonchev–Trinajstić information content (AvgIpc) is 2.30. The molecule has 0 aliphatic rings. The van der Waals surface area contributed by atoms with Gasteiger partial charge in [0.1, 0.15) is 0 Å². The Balaban J connectivity index is 0.000000921. The molecule has 0 heterocycles. The smallest absolute Gasteiger partial charge is 0.219 e. The first-order valence-electron chi connectivity index (χ1n) is 5.24. The molecule has 0 saturated carbocycles. The van der Waals surface area contributed by atoms with Gasteiger partial charge < -0.3 is 5.32 Å². The van der Waals surface area contributed by atoms with Crippen LogP contribution in [0.25, 0.3) is 0 Å². The first-order chi connectivity index (χ1) is 7.24. The standard InChI is InChI=1S/C10H12ClNO.C2H6/c1-2-10(13)12-7-8-5-3-4-6-9(8)11;1-2/h3-6H,2,7H2,1H3,(H,12,13);1-2H3. The number of hydrogen-bond donors (Lipinski definition) is 1. The lowest BCUT2D eigenvalue weighted by molar-refractivity contribution is -0.120. The van der Waals surface area contributed by atoms with E-state index in [9.17, 15) is 4.79 Å². The third-order valence-electron chi connectivity index (χ3n) is 1.75. The summed E-state index contributed by atoms with van der Waals surface area (Å²) >= 11 is 5.90. The highest BCUT2D eigenvalue weighted by atomic mass is 35.5. The maximum atomic E-state index is 10.9. The van der Waals surface area contributed by atoms with Gasteiger partial charge in [-0.15, -0.1) is 0 Å². The molecule has 0 bridgehead atoms. The van der Waals surface area contributed by atoms with E-state index >= 15 is 0 Å². The third-order valence-corrected chi connectivity index (χ3v) is 2.12. The van der Waals surface area contributed by atoms with Crippen LogP contribution in [0, 0.1) is 0 Å². The number of amides is 1. The Hall–Kier alpha value is -1.02. The number of benzene rings is 1. The van der Waals surface area contributed by atoms with Crippen molar-refractivity contribution in [2.45, 2.75) is 33.7 Å². The Labute approximate surface area is 96.6 Å². The topological polar surface area (TPSA) is 29.1 Å². The fraction of sp³-hybridized carbons (Fsp3) is 0.417. The predicted molar refractivity (Wildman–Crippen MR) is 64.9 cm³/mol. The van der Waals surface area contributed by atoms with E-state index in [0.717, 1.165) is 5.56 Å². The molecule has 1 rings (SSSR count). The first-order valence-corrected chi connectivity index (χ1v) is 5.62. The van der Waals surface area contributed by atoms with Crippen molar-refractivity contribution in [3.63, 3.8) is 0 Å². The molecule has 0 saturated heterocycles. The molecule has 0 aliphatic carbocycles. The monoisotopic (exact) mass is 227 g/mol. The number of carbonyl (C=O) groups excluding carboxylic acids is 1. The van der Waals surface area contributed by atoms with E-state index in [1.165, 1.54) is 0 Å². The van der Waals surface area contributed by atoms with Crippen LogP contribution in [-0.4, -0.2) is 5.91 Å². The largest absolute Gasteiger partial charge is 0.352 e.